The Morgan fingerprint density at radius 1 is 1.38 bits per heavy atom. The number of rotatable bonds is 2. The van der Waals surface area contributed by atoms with Gasteiger partial charge in [-0.15, -0.1) is 0 Å². The van der Waals surface area contributed by atoms with Crippen molar-refractivity contribution in [1.82, 2.24) is 5.16 Å². The Hall–Kier alpha value is -2.70. The van der Waals surface area contributed by atoms with Crippen LogP contribution in [0.3, 0.4) is 0 Å². The highest BCUT2D eigenvalue weighted by molar-refractivity contribution is 5.87. The van der Waals surface area contributed by atoms with Crippen LogP contribution in [0.4, 0.5) is 16.4 Å². The standard InChI is InChI=1S/C14H17N3O4/c1-14(2,3)20-13(19)16-9-5-4-8(6-11(9)18)10-7-12(15)21-17-10/h4-7,18H,15H2,1-3H3,(H,16,19). The van der Waals surface area contributed by atoms with Gasteiger partial charge >= 0.3 is 6.09 Å². The second-order valence-corrected chi connectivity index (χ2v) is 5.47. The van der Waals surface area contributed by atoms with Crippen molar-refractivity contribution in [2.45, 2.75) is 26.4 Å². The van der Waals surface area contributed by atoms with Crippen molar-refractivity contribution in [3.8, 4) is 17.0 Å². The second kappa shape index (κ2) is 5.35. The molecule has 1 aromatic heterocycles. The number of nitrogens with zero attached hydrogens (tertiary/aromatic N) is 1. The van der Waals surface area contributed by atoms with Gasteiger partial charge in [-0.3, -0.25) is 5.32 Å². The van der Waals surface area contributed by atoms with E-state index in [9.17, 15) is 9.90 Å². The predicted molar refractivity (Wildman–Crippen MR) is 77.9 cm³/mol. The van der Waals surface area contributed by atoms with Gasteiger partial charge in [0.15, 0.2) is 0 Å². The zero-order chi connectivity index (χ0) is 15.6. The van der Waals surface area contributed by atoms with Gasteiger partial charge in [-0.1, -0.05) is 11.2 Å². The highest BCUT2D eigenvalue weighted by Crippen LogP contribution is 2.30. The monoisotopic (exact) mass is 291 g/mol. The molecule has 4 N–H and O–H groups in total. The van der Waals surface area contributed by atoms with Gasteiger partial charge in [0.2, 0.25) is 5.88 Å². The number of hydrogen-bond acceptors (Lipinski definition) is 6. The van der Waals surface area contributed by atoms with Crippen molar-refractivity contribution in [1.29, 1.82) is 0 Å². The number of phenols is 1. The Labute approximate surface area is 121 Å². The SMILES string of the molecule is CC(C)(C)OC(=O)Nc1ccc(-c2cc(N)on2)cc1O. The summed E-state index contributed by atoms with van der Waals surface area (Å²) in [6.07, 6.45) is -0.642. The molecule has 0 spiro atoms. The topological polar surface area (TPSA) is 111 Å². The number of nitrogen functional groups attached to an aromatic ring is 1. The number of hydrogen-bond donors (Lipinski definition) is 3. The first kappa shape index (κ1) is 14.7. The maximum Gasteiger partial charge on any atom is 0.412 e. The number of benzene rings is 1. The van der Waals surface area contributed by atoms with Crippen LogP contribution in [0, 0.1) is 0 Å². The summed E-state index contributed by atoms with van der Waals surface area (Å²) in [5.41, 5.74) is 6.18. The lowest BCUT2D eigenvalue weighted by Crippen LogP contribution is -2.27. The molecule has 0 aliphatic carbocycles. The molecule has 2 aromatic rings. The predicted octanol–water partition coefficient (Wildman–Crippen LogP) is 2.98. The molecule has 7 heteroatoms. The lowest BCUT2D eigenvalue weighted by atomic mass is 10.1. The fourth-order valence-corrected chi connectivity index (χ4v) is 1.64. The maximum absolute atomic E-state index is 11.7. The third kappa shape index (κ3) is 3.88. The summed E-state index contributed by atoms with van der Waals surface area (Å²) >= 11 is 0. The Morgan fingerprint density at radius 2 is 2.10 bits per heavy atom. The molecule has 0 atom stereocenters. The van der Waals surface area contributed by atoms with Crippen LogP contribution < -0.4 is 11.1 Å². The van der Waals surface area contributed by atoms with Gasteiger partial charge in [0.05, 0.1) is 5.69 Å². The summed E-state index contributed by atoms with van der Waals surface area (Å²) in [7, 11) is 0. The first-order chi connectivity index (χ1) is 9.74. The fraction of sp³-hybridized carbons (Fsp3) is 0.286. The smallest absolute Gasteiger partial charge is 0.412 e. The zero-order valence-corrected chi connectivity index (χ0v) is 12.0. The van der Waals surface area contributed by atoms with Crippen LogP contribution in [-0.2, 0) is 4.74 Å². The highest BCUT2D eigenvalue weighted by Gasteiger charge is 2.17. The minimum Gasteiger partial charge on any atom is -0.506 e. The summed E-state index contributed by atoms with van der Waals surface area (Å²) in [6.45, 7) is 5.26. The number of nitrogens with one attached hydrogen (secondary N) is 1. The number of ether oxygens (including phenoxy) is 1. The summed E-state index contributed by atoms with van der Waals surface area (Å²) in [6, 6.07) is 6.20. The average molecular weight is 291 g/mol. The normalized spacial score (nSPS) is 11.2. The lowest BCUT2D eigenvalue weighted by Gasteiger charge is -2.20. The largest absolute Gasteiger partial charge is 0.506 e. The van der Waals surface area contributed by atoms with Crippen LogP contribution in [-0.4, -0.2) is 22.0 Å². The van der Waals surface area contributed by atoms with Gasteiger partial charge in [0.25, 0.3) is 0 Å². The molecule has 2 rings (SSSR count). The third-order valence-electron chi connectivity index (χ3n) is 2.46. The van der Waals surface area contributed by atoms with E-state index in [0.29, 0.717) is 11.3 Å². The van der Waals surface area contributed by atoms with E-state index in [2.05, 4.69) is 10.5 Å². The van der Waals surface area contributed by atoms with Crippen LogP contribution in [0.2, 0.25) is 0 Å². The molecule has 0 radical (unpaired) electrons. The number of phenolic OH excluding ortho intramolecular Hbond substituents is 1. The molecular weight excluding hydrogens is 274 g/mol. The fourth-order valence-electron chi connectivity index (χ4n) is 1.64. The molecule has 0 saturated heterocycles. The Kier molecular flexibility index (Phi) is 3.75. The number of carbonyl (C=O) groups is 1. The van der Waals surface area contributed by atoms with Crippen molar-refractivity contribution in [3.63, 3.8) is 0 Å². The molecule has 21 heavy (non-hydrogen) atoms. The minimum atomic E-state index is -0.642. The Bertz CT molecular complexity index is 658. The van der Waals surface area contributed by atoms with Crippen LogP contribution in [0.1, 0.15) is 20.8 Å². The Morgan fingerprint density at radius 3 is 2.62 bits per heavy atom. The number of aromatic nitrogens is 1. The molecular formula is C14H17N3O4. The summed E-state index contributed by atoms with van der Waals surface area (Å²) < 4.78 is 9.87. The van der Waals surface area contributed by atoms with Gasteiger partial charge in [0.1, 0.15) is 17.0 Å². The Balaban J connectivity index is 2.15. The third-order valence-corrected chi connectivity index (χ3v) is 2.46. The van der Waals surface area contributed by atoms with E-state index < -0.39 is 11.7 Å². The number of amides is 1. The van der Waals surface area contributed by atoms with Crippen LogP contribution in [0.5, 0.6) is 5.75 Å². The number of nitrogens with two attached hydrogens (primary N) is 1. The molecule has 1 aromatic carbocycles. The zero-order valence-electron chi connectivity index (χ0n) is 12.0. The van der Waals surface area contributed by atoms with Crippen molar-refractivity contribution < 1.29 is 19.2 Å². The number of carbonyl (C=O) groups excluding carboxylic acids is 1. The van der Waals surface area contributed by atoms with Gasteiger partial charge in [-0.2, -0.15) is 0 Å². The first-order valence-electron chi connectivity index (χ1n) is 6.30. The van der Waals surface area contributed by atoms with E-state index in [1.807, 2.05) is 0 Å². The maximum atomic E-state index is 11.7. The van der Waals surface area contributed by atoms with Crippen molar-refractivity contribution >= 4 is 17.7 Å². The lowest BCUT2D eigenvalue weighted by molar-refractivity contribution is 0.0635. The van der Waals surface area contributed by atoms with Gasteiger partial charge < -0.3 is 20.1 Å². The van der Waals surface area contributed by atoms with Gasteiger partial charge in [-0.25, -0.2) is 4.79 Å². The molecule has 1 amide bonds. The van der Waals surface area contributed by atoms with E-state index in [0.717, 1.165) is 0 Å². The molecule has 0 aliphatic heterocycles. The molecule has 112 valence electrons. The minimum absolute atomic E-state index is 0.111. The van der Waals surface area contributed by atoms with Gasteiger partial charge in [-0.05, 0) is 32.9 Å². The van der Waals surface area contributed by atoms with E-state index in [1.54, 1.807) is 32.9 Å². The van der Waals surface area contributed by atoms with Crippen molar-refractivity contribution in [2.75, 3.05) is 11.1 Å². The molecule has 0 aliphatic rings. The van der Waals surface area contributed by atoms with Crippen LogP contribution in [0.15, 0.2) is 28.8 Å². The van der Waals surface area contributed by atoms with E-state index >= 15 is 0 Å². The first-order valence-corrected chi connectivity index (χ1v) is 6.30. The van der Waals surface area contributed by atoms with Crippen LogP contribution >= 0.6 is 0 Å². The van der Waals surface area contributed by atoms with E-state index in [-0.39, 0.29) is 17.3 Å². The summed E-state index contributed by atoms with van der Waals surface area (Å²) in [5.74, 6) is 0.0698. The molecule has 7 nitrogen and oxygen atoms in total. The summed E-state index contributed by atoms with van der Waals surface area (Å²) in [5, 5.41) is 16.2. The highest BCUT2D eigenvalue weighted by atomic mass is 16.6. The number of aromatic hydroxyl groups is 1. The van der Waals surface area contributed by atoms with Crippen LogP contribution in [0.25, 0.3) is 11.3 Å². The molecule has 0 unspecified atom stereocenters. The quantitative estimate of drug-likeness (QED) is 0.733. The number of anilines is 2. The van der Waals surface area contributed by atoms with E-state index in [1.165, 1.54) is 12.1 Å². The molecule has 1 heterocycles. The second-order valence-electron chi connectivity index (χ2n) is 5.47. The average Bonchev–Trinajstić information content (AvgIpc) is 2.76. The molecule has 0 saturated carbocycles. The van der Waals surface area contributed by atoms with Crippen molar-refractivity contribution in [3.05, 3.63) is 24.3 Å². The van der Waals surface area contributed by atoms with Gasteiger partial charge in [0, 0.05) is 11.6 Å². The molecule has 0 fully saturated rings. The van der Waals surface area contributed by atoms with Crippen molar-refractivity contribution in [2.24, 2.45) is 0 Å². The molecule has 0 bridgehead atoms. The van der Waals surface area contributed by atoms with E-state index in [4.69, 9.17) is 15.0 Å². The summed E-state index contributed by atoms with van der Waals surface area (Å²) in [4.78, 5) is 11.7.